The summed E-state index contributed by atoms with van der Waals surface area (Å²) in [6.07, 6.45) is 3.44. The van der Waals surface area contributed by atoms with Crippen LogP contribution in [0, 0.1) is 0 Å². The normalized spacial score (nSPS) is 11.2. The largest absolute Gasteiger partial charge is 0.497 e. The van der Waals surface area contributed by atoms with Crippen LogP contribution in [0.4, 0.5) is 0 Å². The van der Waals surface area contributed by atoms with Crippen molar-refractivity contribution in [1.29, 1.82) is 0 Å². The molecule has 3 aromatic rings. The highest BCUT2D eigenvalue weighted by Gasteiger charge is 2.22. The molecule has 0 saturated heterocycles. The Labute approximate surface area is 181 Å². The predicted molar refractivity (Wildman–Crippen MR) is 119 cm³/mol. The van der Waals surface area contributed by atoms with Gasteiger partial charge in [-0.05, 0) is 52.0 Å². The van der Waals surface area contributed by atoms with Crippen LogP contribution in [-0.2, 0) is 4.79 Å². The number of aromatic nitrogens is 4. The number of carbonyl (C=O) groups excluding carboxylic acids is 1. The summed E-state index contributed by atoms with van der Waals surface area (Å²) in [6, 6.07) is 11.8. The molecule has 1 amide bonds. The lowest BCUT2D eigenvalue weighted by atomic mass is 10.2. The molecule has 0 radical (unpaired) electrons. The predicted octanol–water partition coefficient (Wildman–Crippen LogP) is 4.08. The molecular weight excluding hydrogens is 398 g/mol. The summed E-state index contributed by atoms with van der Waals surface area (Å²) in [7, 11) is 1.63. The Balaban J connectivity index is 1.97. The van der Waals surface area contributed by atoms with Crippen LogP contribution >= 0.6 is 11.8 Å². The average molecular weight is 426 g/mol. The molecule has 0 saturated carbocycles. The number of hydrogen-bond acceptors (Lipinski definition) is 6. The number of hydrogen-bond donors (Lipinski definition) is 0. The Kier molecular flexibility index (Phi) is 7.10. The van der Waals surface area contributed by atoms with Crippen molar-refractivity contribution in [1.82, 2.24) is 24.6 Å². The van der Waals surface area contributed by atoms with Gasteiger partial charge >= 0.3 is 0 Å². The molecule has 0 fully saturated rings. The number of pyridine rings is 1. The molecule has 0 N–H and O–H groups in total. The summed E-state index contributed by atoms with van der Waals surface area (Å²) >= 11 is 1.38. The van der Waals surface area contributed by atoms with Gasteiger partial charge in [0, 0.05) is 36.1 Å². The fraction of sp³-hybridized carbons (Fsp3) is 0.364. The third kappa shape index (κ3) is 4.81. The molecule has 2 aromatic heterocycles. The molecule has 0 aliphatic heterocycles. The van der Waals surface area contributed by atoms with Crippen molar-refractivity contribution in [3.8, 4) is 22.8 Å². The van der Waals surface area contributed by atoms with Gasteiger partial charge in [-0.25, -0.2) is 0 Å². The van der Waals surface area contributed by atoms with E-state index in [2.05, 4.69) is 15.2 Å². The lowest BCUT2D eigenvalue weighted by Gasteiger charge is -2.30. The minimum Gasteiger partial charge on any atom is -0.497 e. The molecule has 8 heteroatoms. The van der Waals surface area contributed by atoms with E-state index in [4.69, 9.17) is 4.74 Å². The molecule has 158 valence electrons. The fourth-order valence-corrected chi connectivity index (χ4v) is 4.23. The Morgan fingerprint density at radius 1 is 1.10 bits per heavy atom. The van der Waals surface area contributed by atoms with E-state index in [0.29, 0.717) is 11.0 Å². The lowest BCUT2D eigenvalue weighted by molar-refractivity contribution is -0.131. The fourth-order valence-electron chi connectivity index (χ4n) is 3.41. The summed E-state index contributed by atoms with van der Waals surface area (Å²) in [6.45, 7) is 8.12. The number of thioether (sulfide) groups is 1. The first-order valence-corrected chi connectivity index (χ1v) is 10.8. The van der Waals surface area contributed by atoms with Crippen molar-refractivity contribution in [3.05, 3.63) is 48.8 Å². The molecule has 0 aliphatic carbocycles. The molecule has 30 heavy (non-hydrogen) atoms. The molecular formula is C22H27N5O2S. The molecule has 0 aliphatic rings. The van der Waals surface area contributed by atoms with Crippen LogP contribution < -0.4 is 4.74 Å². The first-order chi connectivity index (χ1) is 14.4. The molecule has 3 rings (SSSR count). The smallest absolute Gasteiger partial charge is 0.233 e. The summed E-state index contributed by atoms with van der Waals surface area (Å²) in [5.41, 5.74) is 1.76. The van der Waals surface area contributed by atoms with Crippen LogP contribution in [-0.4, -0.2) is 55.5 Å². The summed E-state index contributed by atoms with van der Waals surface area (Å²) < 4.78 is 7.34. The summed E-state index contributed by atoms with van der Waals surface area (Å²) in [5.74, 6) is 1.79. The number of methoxy groups -OCH3 is 1. The number of amides is 1. The first kappa shape index (κ1) is 21.8. The maximum atomic E-state index is 12.8. The number of rotatable bonds is 8. The maximum absolute atomic E-state index is 12.8. The standard InChI is InChI=1S/C22H27N5O2S/c1-15(2)26(16(3)4)20(28)14-30-22-25-24-21(17-9-11-23-12-10-17)27(22)18-7-6-8-19(13-18)29-5/h6-13,15-16H,14H2,1-5H3. The van der Waals surface area contributed by atoms with Crippen LogP contribution in [0.3, 0.4) is 0 Å². The van der Waals surface area contributed by atoms with Gasteiger partial charge in [-0.3, -0.25) is 14.3 Å². The van der Waals surface area contributed by atoms with E-state index >= 15 is 0 Å². The van der Waals surface area contributed by atoms with E-state index in [-0.39, 0.29) is 23.7 Å². The monoisotopic (exact) mass is 425 g/mol. The van der Waals surface area contributed by atoms with E-state index < -0.39 is 0 Å². The van der Waals surface area contributed by atoms with Gasteiger partial charge in [0.2, 0.25) is 5.91 Å². The zero-order valence-corrected chi connectivity index (χ0v) is 18.8. The zero-order chi connectivity index (χ0) is 21.7. The Bertz CT molecular complexity index is 980. The van der Waals surface area contributed by atoms with E-state index in [1.807, 2.05) is 73.6 Å². The lowest BCUT2D eigenvalue weighted by Crippen LogP contribution is -2.43. The van der Waals surface area contributed by atoms with Crippen LogP contribution in [0.2, 0.25) is 0 Å². The van der Waals surface area contributed by atoms with Gasteiger partial charge in [-0.1, -0.05) is 17.8 Å². The molecule has 0 atom stereocenters. The average Bonchev–Trinajstić information content (AvgIpc) is 3.16. The minimum absolute atomic E-state index is 0.0793. The van der Waals surface area contributed by atoms with Crippen molar-refractivity contribution in [3.63, 3.8) is 0 Å². The molecule has 2 heterocycles. The van der Waals surface area contributed by atoms with Crippen molar-refractivity contribution in [2.75, 3.05) is 12.9 Å². The number of carbonyl (C=O) groups is 1. The highest BCUT2D eigenvalue weighted by atomic mass is 32.2. The summed E-state index contributed by atoms with van der Waals surface area (Å²) in [5, 5.41) is 9.45. The molecule has 0 unspecified atom stereocenters. The van der Waals surface area contributed by atoms with E-state index in [1.165, 1.54) is 11.8 Å². The number of ether oxygens (including phenoxy) is 1. The van der Waals surface area contributed by atoms with Crippen molar-refractivity contribution in [2.45, 2.75) is 44.9 Å². The number of benzene rings is 1. The SMILES string of the molecule is COc1cccc(-n2c(SCC(=O)N(C(C)C)C(C)C)nnc2-c2ccncc2)c1. The topological polar surface area (TPSA) is 73.1 Å². The summed E-state index contributed by atoms with van der Waals surface area (Å²) in [4.78, 5) is 18.8. The third-order valence-electron chi connectivity index (χ3n) is 4.61. The van der Waals surface area contributed by atoms with Crippen LogP contribution in [0.15, 0.2) is 53.9 Å². The second kappa shape index (κ2) is 9.75. The second-order valence-electron chi connectivity index (χ2n) is 7.36. The number of nitrogens with zero attached hydrogens (tertiary/aromatic N) is 5. The van der Waals surface area contributed by atoms with Gasteiger partial charge in [0.25, 0.3) is 0 Å². The van der Waals surface area contributed by atoms with Gasteiger partial charge < -0.3 is 9.64 Å². The van der Waals surface area contributed by atoms with Crippen molar-refractivity contribution in [2.24, 2.45) is 0 Å². The molecule has 0 spiro atoms. The van der Waals surface area contributed by atoms with Crippen molar-refractivity contribution < 1.29 is 9.53 Å². The van der Waals surface area contributed by atoms with E-state index in [9.17, 15) is 4.79 Å². The highest BCUT2D eigenvalue weighted by molar-refractivity contribution is 7.99. The zero-order valence-electron chi connectivity index (χ0n) is 17.9. The van der Waals surface area contributed by atoms with Crippen molar-refractivity contribution >= 4 is 17.7 Å². The van der Waals surface area contributed by atoms with Crippen LogP contribution in [0.1, 0.15) is 27.7 Å². The van der Waals surface area contributed by atoms with Crippen LogP contribution in [0.5, 0.6) is 5.75 Å². The Morgan fingerprint density at radius 2 is 1.80 bits per heavy atom. The quantitative estimate of drug-likeness (QED) is 0.507. The minimum atomic E-state index is 0.0793. The van der Waals surface area contributed by atoms with Gasteiger partial charge in [0.1, 0.15) is 5.75 Å². The highest BCUT2D eigenvalue weighted by Crippen LogP contribution is 2.29. The van der Waals surface area contributed by atoms with E-state index in [0.717, 1.165) is 17.0 Å². The Hall–Kier alpha value is -2.87. The Morgan fingerprint density at radius 3 is 2.43 bits per heavy atom. The molecule has 7 nitrogen and oxygen atoms in total. The van der Waals surface area contributed by atoms with Gasteiger partial charge in [0.15, 0.2) is 11.0 Å². The van der Waals surface area contributed by atoms with Gasteiger partial charge in [-0.2, -0.15) is 0 Å². The van der Waals surface area contributed by atoms with Gasteiger partial charge in [-0.15, -0.1) is 10.2 Å². The van der Waals surface area contributed by atoms with E-state index in [1.54, 1.807) is 19.5 Å². The van der Waals surface area contributed by atoms with Crippen LogP contribution in [0.25, 0.3) is 17.1 Å². The third-order valence-corrected chi connectivity index (χ3v) is 5.52. The first-order valence-electron chi connectivity index (χ1n) is 9.86. The molecule has 0 bridgehead atoms. The van der Waals surface area contributed by atoms with Gasteiger partial charge in [0.05, 0.1) is 18.6 Å². The maximum Gasteiger partial charge on any atom is 0.233 e. The second-order valence-corrected chi connectivity index (χ2v) is 8.30. The molecule has 1 aromatic carbocycles.